The monoisotopic (exact) mass is 787 g/mol. The van der Waals surface area contributed by atoms with Crippen LogP contribution in [-0.2, 0) is 60.5 Å². The summed E-state index contributed by atoms with van der Waals surface area (Å²) in [6, 6.07) is 20.1. The molecule has 0 aromatic heterocycles. The highest BCUT2D eigenvalue weighted by molar-refractivity contribution is 7.93. The number of sulfonamides is 1. The minimum Gasteiger partial charge on any atom is -0.279 e. The Morgan fingerprint density at radius 2 is 0.922 bits per heavy atom. The topological polar surface area (TPSA) is 114 Å². The number of benzene rings is 3. The van der Waals surface area contributed by atoms with Crippen LogP contribution < -0.4 is 4.72 Å². The number of hydrogen-bond donors (Lipinski definition) is 1. The fourth-order valence-corrected chi connectivity index (χ4v) is 6.73. The van der Waals surface area contributed by atoms with Gasteiger partial charge in [0.15, 0.2) is 0 Å². The van der Waals surface area contributed by atoms with Crippen molar-refractivity contribution < 1.29 is 51.6 Å². The van der Waals surface area contributed by atoms with Crippen molar-refractivity contribution in [3.05, 3.63) is 101 Å². The number of rotatable bonds is 15. The van der Waals surface area contributed by atoms with Gasteiger partial charge in [-0.15, -0.1) is 0 Å². The van der Waals surface area contributed by atoms with Crippen LogP contribution in [0.15, 0.2) is 72.8 Å². The first-order valence-electron chi connectivity index (χ1n) is 16.0. The number of para-hydroxylation sites is 1. The predicted molar refractivity (Wildman–Crippen MR) is 191 cm³/mol. The van der Waals surface area contributed by atoms with E-state index in [1.54, 1.807) is 60.7 Å². The summed E-state index contributed by atoms with van der Waals surface area (Å²) in [5, 5.41) is 0. The average Bonchev–Trinajstić information content (AvgIpc) is 2.98. The molecule has 288 valence electrons. The van der Waals surface area contributed by atoms with Gasteiger partial charge in [-0.1, -0.05) is 108 Å². The van der Waals surface area contributed by atoms with Gasteiger partial charge < -0.3 is 0 Å². The van der Waals surface area contributed by atoms with Crippen molar-refractivity contribution in [1.82, 2.24) is 0 Å². The Morgan fingerprint density at radius 1 is 0.490 bits per heavy atom. The smallest absolute Gasteiger partial charge is 0.279 e. The van der Waals surface area contributed by atoms with Gasteiger partial charge in [0.25, 0.3) is 10.0 Å². The average molecular weight is 788 g/mol. The maximum atomic E-state index is 12.2. The van der Waals surface area contributed by atoms with E-state index >= 15 is 0 Å². The summed E-state index contributed by atoms with van der Waals surface area (Å²) in [6.07, 6.45) is 2.33. The summed E-state index contributed by atoms with van der Waals surface area (Å²) in [6.45, 7) is 12.2. The zero-order valence-corrected chi connectivity index (χ0v) is 31.8. The van der Waals surface area contributed by atoms with Crippen molar-refractivity contribution in [2.24, 2.45) is 17.8 Å². The second kappa shape index (κ2) is 20.8. The molecular weight excluding hydrogens is 741 g/mol. The first-order chi connectivity index (χ1) is 23.4. The molecule has 3 aromatic carbocycles. The van der Waals surface area contributed by atoms with Crippen molar-refractivity contribution in [2.45, 2.75) is 89.6 Å². The number of alkyl halides is 6. The molecule has 0 bridgehead atoms. The summed E-state index contributed by atoms with van der Waals surface area (Å²) in [4.78, 5) is 0. The lowest BCUT2D eigenvalue weighted by atomic mass is 10.0. The SMILES string of the molecule is CC(C)Cc1ccc(CS(=O)(=O)C(F)F)cc1.CC(C)Cc1cccc(CS(=O)(=O)C(F)F)c1.CC(C)Cc1ccccc1NS(=O)(=O)C(F)F. The van der Waals surface area contributed by atoms with Crippen molar-refractivity contribution in [3.63, 3.8) is 0 Å². The molecule has 1 N–H and O–H groups in total. The lowest BCUT2D eigenvalue weighted by Crippen LogP contribution is -2.21. The maximum Gasteiger partial charge on any atom is 0.355 e. The Hall–Kier alpha value is -3.11. The molecular formula is C35H47F6NO6S3. The molecule has 0 saturated heterocycles. The minimum atomic E-state index is -4.59. The predicted octanol–water partition coefficient (Wildman–Crippen LogP) is 8.89. The molecule has 0 amide bonds. The highest BCUT2D eigenvalue weighted by atomic mass is 32.2. The number of sulfone groups is 2. The largest absolute Gasteiger partial charge is 0.355 e. The van der Waals surface area contributed by atoms with Gasteiger partial charge in [-0.25, -0.2) is 25.3 Å². The standard InChI is InChI=1S/2C12H16F2O2S.C11H15F2NO2S/c1-9(2)7-10-3-5-11(6-4-10)8-17(15,16)12(13)14;1-9(2)6-10-4-3-5-11(7-10)8-17(15,16)12(13)14;1-8(2)7-9-5-3-4-6-10(9)14-17(15,16)11(12)13/h3-6,9,12H,7-8H2,1-2H3;3-5,7,9,12H,6,8H2,1-2H3;3-6,8,11,14H,7H2,1-2H3. The van der Waals surface area contributed by atoms with E-state index in [4.69, 9.17) is 0 Å². The number of anilines is 1. The minimum absolute atomic E-state index is 0.224. The van der Waals surface area contributed by atoms with E-state index in [9.17, 15) is 51.6 Å². The quantitative estimate of drug-likeness (QED) is 0.154. The molecule has 0 atom stereocenters. The zero-order valence-electron chi connectivity index (χ0n) is 29.4. The third kappa shape index (κ3) is 17.8. The van der Waals surface area contributed by atoms with Gasteiger partial charge in [0, 0.05) is 0 Å². The summed E-state index contributed by atoms with van der Waals surface area (Å²) in [5.74, 6) is -9.98. The van der Waals surface area contributed by atoms with Crippen molar-refractivity contribution in [1.29, 1.82) is 0 Å². The van der Waals surface area contributed by atoms with Crippen molar-refractivity contribution in [3.8, 4) is 0 Å². The van der Waals surface area contributed by atoms with Gasteiger partial charge >= 0.3 is 17.3 Å². The molecule has 0 radical (unpaired) electrons. The number of nitrogens with one attached hydrogen (secondary N) is 1. The van der Waals surface area contributed by atoms with Crippen LogP contribution in [0.25, 0.3) is 0 Å². The third-order valence-corrected chi connectivity index (χ3v) is 10.2. The Morgan fingerprint density at radius 3 is 1.39 bits per heavy atom. The van der Waals surface area contributed by atoms with E-state index in [-0.39, 0.29) is 5.69 Å². The lowest BCUT2D eigenvalue weighted by Gasteiger charge is -2.13. The normalized spacial score (nSPS) is 12.3. The number of hydrogen-bond acceptors (Lipinski definition) is 6. The summed E-state index contributed by atoms with van der Waals surface area (Å²) >= 11 is 0. The summed E-state index contributed by atoms with van der Waals surface area (Å²) in [7, 11) is -13.2. The highest BCUT2D eigenvalue weighted by Crippen LogP contribution is 2.22. The second-order valence-corrected chi connectivity index (χ2v) is 18.7. The Kier molecular flexibility index (Phi) is 18.7. The van der Waals surface area contributed by atoms with Crippen LogP contribution in [0.5, 0.6) is 0 Å². The molecule has 0 aliphatic rings. The van der Waals surface area contributed by atoms with Gasteiger partial charge in [-0.2, -0.15) is 26.3 Å². The van der Waals surface area contributed by atoms with Crippen LogP contribution in [0.4, 0.5) is 32.0 Å². The van der Waals surface area contributed by atoms with Crippen LogP contribution in [0.2, 0.25) is 0 Å². The summed E-state index contributed by atoms with van der Waals surface area (Å²) in [5.41, 5.74) is 3.81. The first-order valence-corrected chi connectivity index (χ1v) is 21.0. The molecule has 16 heteroatoms. The molecule has 7 nitrogen and oxygen atoms in total. The molecule has 0 heterocycles. The van der Waals surface area contributed by atoms with Gasteiger partial charge in [-0.05, 0) is 70.9 Å². The Balaban J connectivity index is 0.000000382. The van der Waals surface area contributed by atoms with Crippen LogP contribution in [0.3, 0.4) is 0 Å². The van der Waals surface area contributed by atoms with Crippen molar-refractivity contribution in [2.75, 3.05) is 4.72 Å². The fraction of sp³-hybridized carbons (Fsp3) is 0.486. The molecule has 0 saturated carbocycles. The highest BCUT2D eigenvalue weighted by Gasteiger charge is 2.26. The fourth-order valence-electron chi connectivity index (χ4n) is 4.59. The Bertz CT molecular complexity index is 1820. The molecule has 3 rings (SSSR count). The molecule has 0 fully saturated rings. The lowest BCUT2D eigenvalue weighted by molar-refractivity contribution is 0.234. The van der Waals surface area contributed by atoms with Crippen LogP contribution in [0.1, 0.15) is 69.4 Å². The van der Waals surface area contributed by atoms with Gasteiger partial charge in [0.05, 0.1) is 17.2 Å². The van der Waals surface area contributed by atoms with E-state index in [2.05, 4.69) is 13.8 Å². The summed E-state index contributed by atoms with van der Waals surface area (Å²) < 4.78 is 142. The van der Waals surface area contributed by atoms with Crippen molar-refractivity contribution >= 4 is 35.4 Å². The molecule has 3 aromatic rings. The van der Waals surface area contributed by atoms with E-state index in [0.29, 0.717) is 40.9 Å². The maximum absolute atomic E-state index is 12.2. The van der Waals surface area contributed by atoms with E-state index in [1.807, 2.05) is 38.5 Å². The first kappa shape index (κ1) is 45.9. The van der Waals surface area contributed by atoms with Gasteiger partial charge in [-0.3, -0.25) is 4.72 Å². The second-order valence-electron chi connectivity index (χ2n) is 13.1. The van der Waals surface area contributed by atoms with E-state index < -0.39 is 58.5 Å². The third-order valence-electron chi connectivity index (χ3n) is 6.71. The van der Waals surface area contributed by atoms with Gasteiger partial charge in [0.1, 0.15) is 0 Å². The van der Waals surface area contributed by atoms with E-state index in [1.165, 1.54) is 6.07 Å². The van der Waals surface area contributed by atoms with E-state index in [0.717, 1.165) is 24.0 Å². The van der Waals surface area contributed by atoms with Crippen LogP contribution >= 0.6 is 0 Å². The zero-order chi connectivity index (χ0) is 39.2. The molecule has 0 unspecified atom stereocenters. The molecule has 0 spiro atoms. The van der Waals surface area contributed by atoms with Gasteiger partial charge in [0.2, 0.25) is 19.7 Å². The molecule has 0 aliphatic carbocycles. The Labute approximate surface area is 298 Å². The van der Waals surface area contributed by atoms with Crippen LogP contribution in [-0.4, -0.2) is 42.5 Å². The molecule has 51 heavy (non-hydrogen) atoms. The molecule has 0 aliphatic heterocycles. The van der Waals surface area contributed by atoms with Crippen LogP contribution in [0, 0.1) is 17.8 Å². The number of halogens is 6.